The number of hydrogen-bond acceptors (Lipinski definition) is 8. The third-order valence-corrected chi connectivity index (χ3v) is 6.95. The van der Waals surface area contributed by atoms with Gasteiger partial charge in [-0.25, -0.2) is 0 Å². The molecule has 2 aromatic rings. The van der Waals surface area contributed by atoms with Crippen molar-refractivity contribution in [3.05, 3.63) is 65.2 Å². The van der Waals surface area contributed by atoms with Crippen LogP contribution in [-0.4, -0.2) is 71.4 Å². The molecule has 2 heterocycles. The highest BCUT2D eigenvalue weighted by atomic mass is 16.7. The van der Waals surface area contributed by atoms with E-state index in [1.54, 1.807) is 21.3 Å². The molecule has 5 rings (SSSR count). The molecule has 0 unspecified atom stereocenters. The maximum Gasteiger partial charge on any atom is 0.231 e. The Labute approximate surface area is 206 Å². The largest absolute Gasteiger partial charge is 0.497 e. The first-order chi connectivity index (χ1) is 17.2. The lowest BCUT2D eigenvalue weighted by molar-refractivity contribution is -0.150. The molecule has 0 N–H and O–H groups in total. The van der Waals surface area contributed by atoms with E-state index in [0.717, 1.165) is 36.8 Å². The lowest BCUT2D eigenvalue weighted by Gasteiger charge is -2.36. The summed E-state index contributed by atoms with van der Waals surface area (Å²) in [7, 11) is 4.95. The van der Waals surface area contributed by atoms with Crippen LogP contribution in [0, 0.1) is 0 Å². The Balaban J connectivity index is 1.46. The van der Waals surface area contributed by atoms with Crippen LogP contribution in [0.4, 0.5) is 0 Å². The second-order valence-corrected chi connectivity index (χ2v) is 9.01. The SMILES string of the molecule is COCO[C@H]1C[C@@H]2C(=C[C@H]1OCOC)[C@@H](c1ccc3c(c1)OCO3)CN2Cc1ccc(OC)cc1. The van der Waals surface area contributed by atoms with Gasteiger partial charge < -0.3 is 33.2 Å². The van der Waals surface area contributed by atoms with Gasteiger partial charge in [0.2, 0.25) is 6.79 Å². The molecular weight excluding hydrogens is 450 g/mol. The lowest BCUT2D eigenvalue weighted by atomic mass is 9.83. The van der Waals surface area contributed by atoms with Crippen molar-refractivity contribution in [2.45, 2.75) is 37.1 Å². The van der Waals surface area contributed by atoms with Crippen molar-refractivity contribution in [2.24, 2.45) is 0 Å². The summed E-state index contributed by atoms with van der Waals surface area (Å²) in [6.45, 7) is 2.40. The molecule has 0 bridgehead atoms. The summed E-state index contributed by atoms with van der Waals surface area (Å²) in [5.41, 5.74) is 3.80. The van der Waals surface area contributed by atoms with Gasteiger partial charge >= 0.3 is 0 Å². The third kappa shape index (κ3) is 5.17. The molecule has 3 aliphatic rings. The van der Waals surface area contributed by atoms with E-state index in [0.29, 0.717) is 0 Å². The van der Waals surface area contributed by atoms with Crippen LogP contribution in [0.3, 0.4) is 0 Å². The zero-order valence-electron chi connectivity index (χ0n) is 20.5. The summed E-state index contributed by atoms with van der Waals surface area (Å²) < 4.78 is 39.0. The predicted molar refractivity (Wildman–Crippen MR) is 129 cm³/mol. The first kappa shape index (κ1) is 24.1. The van der Waals surface area contributed by atoms with Crippen LogP contribution in [0.25, 0.3) is 0 Å². The van der Waals surface area contributed by atoms with Crippen molar-refractivity contribution in [3.63, 3.8) is 0 Å². The van der Waals surface area contributed by atoms with E-state index in [1.165, 1.54) is 16.7 Å². The van der Waals surface area contributed by atoms with E-state index in [1.807, 2.05) is 18.2 Å². The quantitative estimate of drug-likeness (QED) is 0.374. The van der Waals surface area contributed by atoms with Crippen LogP contribution in [0.2, 0.25) is 0 Å². The van der Waals surface area contributed by atoms with Crippen molar-refractivity contribution >= 4 is 0 Å². The molecule has 2 aromatic carbocycles. The maximum atomic E-state index is 6.05. The van der Waals surface area contributed by atoms with Crippen LogP contribution in [0.15, 0.2) is 54.1 Å². The number of methoxy groups -OCH3 is 3. The summed E-state index contributed by atoms with van der Waals surface area (Å²) >= 11 is 0. The summed E-state index contributed by atoms with van der Waals surface area (Å²) in [6.07, 6.45) is 2.69. The minimum absolute atomic E-state index is 0.132. The van der Waals surface area contributed by atoms with Gasteiger partial charge in [-0.15, -0.1) is 0 Å². The highest BCUT2D eigenvalue weighted by molar-refractivity contribution is 5.49. The van der Waals surface area contributed by atoms with Gasteiger partial charge in [0.1, 0.15) is 25.4 Å². The van der Waals surface area contributed by atoms with Crippen LogP contribution < -0.4 is 14.2 Å². The number of hydrogen-bond donors (Lipinski definition) is 0. The predicted octanol–water partition coefficient (Wildman–Crippen LogP) is 3.70. The van der Waals surface area contributed by atoms with Gasteiger partial charge in [0.15, 0.2) is 11.5 Å². The molecule has 35 heavy (non-hydrogen) atoms. The van der Waals surface area contributed by atoms with Crippen molar-refractivity contribution in [1.29, 1.82) is 0 Å². The fourth-order valence-corrected chi connectivity index (χ4v) is 5.26. The Kier molecular flexibility index (Phi) is 7.55. The number of fused-ring (bicyclic) bond motifs is 2. The second-order valence-electron chi connectivity index (χ2n) is 9.01. The van der Waals surface area contributed by atoms with Gasteiger partial charge in [0, 0.05) is 39.3 Å². The van der Waals surface area contributed by atoms with Crippen molar-refractivity contribution in [2.75, 3.05) is 48.3 Å². The number of likely N-dealkylation sites (tertiary alicyclic amines) is 1. The first-order valence-corrected chi connectivity index (χ1v) is 11.9. The minimum atomic E-state index is -0.214. The van der Waals surface area contributed by atoms with E-state index in [4.69, 9.17) is 33.2 Å². The summed E-state index contributed by atoms with van der Waals surface area (Å²) in [5.74, 6) is 2.67. The lowest BCUT2D eigenvalue weighted by Crippen LogP contribution is -2.43. The molecule has 1 aliphatic carbocycles. The van der Waals surface area contributed by atoms with E-state index >= 15 is 0 Å². The fourth-order valence-electron chi connectivity index (χ4n) is 5.26. The molecule has 1 saturated heterocycles. The number of benzene rings is 2. The van der Waals surface area contributed by atoms with Gasteiger partial charge in [0.05, 0.1) is 13.2 Å². The van der Waals surface area contributed by atoms with E-state index in [9.17, 15) is 0 Å². The van der Waals surface area contributed by atoms with Crippen molar-refractivity contribution in [3.8, 4) is 17.2 Å². The zero-order chi connectivity index (χ0) is 24.2. The molecule has 4 atom stereocenters. The monoisotopic (exact) mass is 483 g/mol. The van der Waals surface area contributed by atoms with Crippen LogP contribution in [-0.2, 0) is 25.5 Å². The molecule has 0 spiro atoms. The Morgan fingerprint density at radius 2 is 1.69 bits per heavy atom. The Bertz CT molecular complexity index is 1020. The normalized spacial score (nSPS) is 25.4. The summed E-state index contributed by atoms with van der Waals surface area (Å²) in [5, 5.41) is 0. The van der Waals surface area contributed by atoms with Gasteiger partial charge in [-0.05, 0) is 47.4 Å². The molecule has 1 fully saturated rings. The van der Waals surface area contributed by atoms with Crippen LogP contribution in [0.1, 0.15) is 23.5 Å². The van der Waals surface area contributed by atoms with Gasteiger partial charge in [-0.1, -0.05) is 24.3 Å². The van der Waals surface area contributed by atoms with Crippen molar-refractivity contribution < 1.29 is 33.2 Å². The standard InChI is InChI=1S/C27H33NO7/c1-29-15-32-26-11-21-22(19-6-9-24-25(10-19)35-17-34-24)14-28(23(21)12-27(26)33-16-30-2)13-18-4-7-20(31-3)8-5-18/h4-11,22-23,26-27H,12-17H2,1-3H3/t22-,23-,26-,27+/m1/s1. The molecule has 8 nitrogen and oxygen atoms in total. The smallest absolute Gasteiger partial charge is 0.231 e. The Morgan fingerprint density at radius 1 is 0.914 bits per heavy atom. The second kappa shape index (κ2) is 11.0. The maximum absolute atomic E-state index is 6.05. The van der Waals surface area contributed by atoms with Gasteiger partial charge in [-0.3, -0.25) is 4.90 Å². The Morgan fingerprint density at radius 3 is 2.46 bits per heavy atom. The molecule has 0 amide bonds. The molecule has 188 valence electrons. The fraction of sp³-hybridized carbons (Fsp3) is 0.481. The Hall–Kier alpha value is -2.62. The number of nitrogens with zero attached hydrogens (tertiary/aromatic N) is 1. The number of rotatable bonds is 10. The van der Waals surface area contributed by atoms with Crippen LogP contribution >= 0.6 is 0 Å². The summed E-state index contributed by atoms with van der Waals surface area (Å²) in [4.78, 5) is 2.53. The average molecular weight is 484 g/mol. The van der Waals surface area contributed by atoms with Crippen molar-refractivity contribution in [1.82, 2.24) is 4.90 Å². The van der Waals surface area contributed by atoms with E-state index in [2.05, 4.69) is 35.2 Å². The van der Waals surface area contributed by atoms with E-state index < -0.39 is 0 Å². The average Bonchev–Trinajstić information content (AvgIpc) is 3.50. The summed E-state index contributed by atoms with van der Waals surface area (Å²) in [6, 6.07) is 14.8. The molecular formula is C27H33NO7. The molecule has 0 aromatic heterocycles. The van der Waals surface area contributed by atoms with E-state index in [-0.39, 0.29) is 44.5 Å². The zero-order valence-corrected chi connectivity index (χ0v) is 20.5. The van der Waals surface area contributed by atoms with Crippen LogP contribution in [0.5, 0.6) is 17.2 Å². The molecule has 2 aliphatic heterocycles. The minimum Gasteiger partial charge on any atom is -0.497 e. The highest BCUT2D eigenvalue weighted by Crippen LogP contribution is 2.45. The first-order valence-electron chi connectivity index (χ1n) is 11.9. The third-order valence-electron chi connectivity index (χ3n) is 6.95. The highest BCUT2D eigenvalue weighted by Gasteiger charge is 2.44. The number of ether oxygens (including phenoxy) is 7. The molecule has 8 heteroatoms. The molecule has 0 saturated carbocycles. The molecule has 0 radical (unpaired) electrons. The van der Waals surface area contributed by atoms with Gasteiger partial charge in [-0.2, -0.15) is 0 Å². The topological polar surface area (TPSA) is 67.9 Å². The van der Waals surface area contributed by atoms with Gasteiger partial charge in [0.25, 0.3) is 0 Å².